The minimum Gasteiger partial charge on any atom is -0.483 e. The molecule has 2 heterocycles. The quantitative estimate of drug-likeness (QED) is 0.916. The topological polar surface area (TPSA) is 59.4 Å². The summed E-state index contributed by atoms with van der Waals surface area (Å²) in [7, 11) is 0. The van der Waals surface area contributed by atoms with Crippen LogP contribution in [0.3, 0.4) is 0 Å². The molecule has 0 saturated carbocycles. The lowest BCUT2D eigenvalue weighted by Crippen LogP contribution is -2.29. The van der Waals surface area contributed by atoms with Gasteiger partial charge in [0.05, 0.1) is 11.3 Å². The van der Waals surface area contributed by atoms with Crippen molar-refractivity contribution in [1.82, 2.24) is 4.98 Å². The molecular weight excluding hydrogens is 266 g/mol. The molecule has 21 heavy (non-hydrogen) atoms. The standard InChI is InChI=1S/C17H15NO3/c1-17(2)10-13(14-5-3-4-8-18-14)12-9-11(16(19)20)6-7-15(12)21-17/h3-10H,1-2H3,(H,19,20). The van der Waals surface area contributed by atoms with Crippen molar-refractivity contribution >= 4 is 11.5 Å². The van der Waals surface area contributed by atoms with E-state index in [4.69, 9.17) is 9.84 Å². The maximum atomic E-state index is 11.2. The van der Waals surface area contributed by atoms with Gasteiger partial charge in [-0.3, -0.25) is 4.98 Å². The molecule has 1 N–H and O–H groups in total. The summed E-state index contributed by atoms with van der Waals surface area (Å²) in [5, 5.41) is 9.17. The minimum atomic E-state index is -0.956. The summed E-state index contributed by atoms with van der Waals surface area (Å²) in [6.07, 6.45) is 3.70. The van der Waals surface area contributed by atoms with Gasteiger partial charge in [-0.2, -0.15) is 0 Å². The maximum Gasteiger partial charge on any atom is 0.335 e. The molecule has 0 fully saturated rings. The van der Waals surface area contributed by atoms with Crippen LogP contribution in [0.5, 0.6) is 5.75 Å². The Morgan fingerprint density at radius 2 is 2.05 bits per heavy atom. The van der Waals surface area contributed by atoms with E-state index in [0.29, 0.717) is 5.75 Å². The van der Waals surface area contributed by atoms with Crippen molar-refractivity contribution in [3.05, 3.63) is 65.5 Å². The van der Waals surface area contributed by atoms with Crippen molar-refractivity contribution < 1.29 is 14.6 Å². The fourth-order valence-electron chi connectivity index (χ4n) is 2.43. The van der Waals surface area contributed by atoms with E-state index in [2.05, 4.69) is 4.98 Å². The number of fused-ring (bicyclic) bond motifs is 1. The lowest BCUT2D eigenvalue weighted by molar-refractivity contribution is 0.0696. The van der Waals surface area contributed by atoms with Gasteiger partial charge in [-0.15, -0.1) is 0 Å². The predicted molar refractivity (Wildman–Crippen MR) is 79.4 cm³/mol. The summed E-state index contributed by atoms with van der Waals surface area (Å²) >= 11 is 0. The van der Waals surface area contributed by atoms with Crippen molar-refractivity contribution in [2.45, 2.75) is 19.4 Å². The fourth-order valence-corrected chi connectivity index (χ4v) is 2.43. The Morgan fingerprint density at radius 1 is 1.24 bits per heavy atom. The van der Waals surface area contributed by atoms with Crippen LogP contribution in [-0.2, 0) is 0 Å². The van der Waals surface area contributed by atoms with Gasteiger partial charge in [0.2, 0.25) is 0 Å². The number of nitrogens with zero attached hydrogens (tertiary/aromatic N) is 1. The summed E-state index contributed by atoms with van der Waals surface area (Å²) in [4.78, 5) is 15.6. The normalized spacial score (nSPS) is 15.6. The smallest absolute Gasteiger partial charge is 0.335 e. The van der Waals surface area contributed by atoms with Gasteiger partial charge >= 0.3 is 5.97 Å². The highest BCUT2D eigenvalue weighted by atomic mass is 16.5. The van der Waals surface area contributed by atoms with Crippen molar-refractivity contribution in [3.8, 4) is 5.75 Å². The highest BCUT2D eigenvalue weighted by Gasteiger charge is 2.28. The molecule has 4 nitrogen and oxygen atoms in total. The summed E-state index contributed by atoms with van der Waals surface area (Å²) in [5.74, 6) is -0.281. The third kappa shape index (κ3) is 2.52. The predicted octanol–water partition coefficient (Wildman–Crippen LogP) is 3.38. The molecule has 3 rings (SSSR count). The Bertz CT molecular complexity index is 733. The van der Waals surface area contributed by atoms with E-state index in [-0.39, 0.29) is 5.56 Å². The van der Waals surface area contributed by atoms with E-state index in [1.54, 1.807) is 24.4 Å². The van der Waals surface area contributed by atoms with Crippen LogP contribution >= 0.6 is 0 Å². The van der Waals surface area contributed by atoms with Gasteiger partial charge in [0.15, 0.2) is 0 Å². The molecule has 1 aromatic carbocycles. The zero-order valence-corrected chi connectivity index (χ0v) is 11.8. The number of carboxylic acids is 1. The van der Waals surface area contributed by atoms with Crippen LogP contribution in [0.25, 0.3) is 5.57 Å². The highest BCUT2D eigenvalue weighted by molar-refractivity contribution is 5.92. The van der Waals surface area contributed by atoms with Crippen molar-refractivity contribution in [2.75, 3.05) is 0 Å². The largest absolute Gasteiger partial charge is 0.483 e. The number of rotatable bonds is 2. The van der Waals surface area contributed by atoms with E-state index in [0.717, 1.165) is 16.8 Å². The molecule has 0 bridgehead atoms. The van der Waals surface area contributed by atoms with E-state index in [1.165, 1.54) is 0 Å². The van der Waals surface area contributed by atoms with Crippen LogP contribution in [0.1, 0.15) is 35.5 Å². The second kappa shape index (κ2) is 4.74. The minimum absolute atomic E-state index is 0.235. The monoisotopic (exact) mass is 281 g/mol. The van der Waals surface area contributed by atoms with Gasteiger partial charge in [0.1, 0.15) is 11.4 Å². The first-order chi connectivity index (χ1) is 9.96. The molecule has 1 aliphatic rings. The zero-order chi connectivity index (χ0) is 15.0. The summed E-state index contributed by atoms with van der Waals surface area (Å²) in [5.41, 5.74) is 2.22. The van der Waals surface area contributed by atoms with E-state index >= 15 is 0 Å². The molecular formula is C17H15NO3. The molecule has 0 spiro atoms. The van der Waals surface area contributed by atoms with Gasteiger partial charge in [-0.1, -0.05) is 6.07 Å². The second-order valence-corrected chi connectivity index (χ2v) is 5.49. The van der Waals surface area contributed by atoms with Crippen molar-refractivity contribution in [1.29, 1.82) is 0 Å². The Labute approximate surface area is 122 Å². The first-order valence-electron chi connectivity index (χ1n) is 6.67. The van der Waals surface area contributed by atoms with Gasteiger partial charge in [-0.05, 0) is 50.3 Å². The lowest BCUT2D eigenvalue weighted by atomic mass is 9.91. The van der Waals surface area contributed by atoms with Gasteiger partial charge in [0.25, 0.3) is 0 Å². The van der Waals surface area contributed by atoms with Crippen LogP contribution in [0.2, 0.25) is 0 Å². The van der Waals surface area contributed by atoms with Gasteiger partial charge in [0, 0.05) is 17.3 Å². The average Bonchev–Trinajstić information content (AvgIpc) is 2.46. The number of ether oxygens (including phenoxy) is 1. The van der Waals surface area contributed by atoms with Crippen LogP contribution in [0, 0.1) is 0 Å². The van der Waals surface area contributed by atoms with E-state index < -0.39 is 11.6 Å². The Balaban J connectivity index is 2.21. The van der Waals surface area contributed by atoms with Crippen molar-refractivity contribution in [2.24, 2.45) is 0 Å². The molecule has 0 aliphatic carbocycles. The van der Waals surface area contributed by atoms with Crippen LogP contribution in [0.4, 0.5) is 0 Å². The number of pyridine rings is 1. The lowest BCUT2D eigenvalue weighted by Gasteiger charge is -2.31. The maximum absolute atomic E-state index is 11.2. The Hall–Kier alpha value is -2.62. The zero-order valence-electron chi connectivity index (χ0n) is 11.8. The average molecular weight is 281 g/mol. The Kier molecular flexibility index (Phi) is 3.01. The number of hydrogen-bond acceptors (Lipinski definition) is 3. The number of hydrogen-bond donors (Lipinski definition) is 1. The van der Waals surface area contributed by atoms with E-state index in [9.17, 15) is 4.79 Å². The van der Waals surface area contributed by atoms with Crippen molar-refractivity contribution in [3.63, 3.8) is 0 Å². The molecule has 0 atom stereocenters. The third-order valence-electron chi connectivity index (χ3n) is 3.32. The molecule has 0 radical (unpaired) electrons. The SMILES string of the molecule is CC1(C)C=C(c2ccccn2)c2cc(C(=O)O)ccc2O1. The van der Waals surface area contributed by atoms with Crippen LogP contribution in [0.15, 0.2) is 48.7 Å². The molecule has 2 aromatic rings. The van der Waals surface area contributed by atoms with Gasteiger partial charge < -0.3 is 9.84 Å². The van der Waals surface area contributed by atoms with E-state index in [1.807, 2.05) is 38.1 Å². The van der Waals surface area contributed by atoms with Crippen LogP contribution in [-0.4, -0.2) is 21.7 Å². The second-order valence-electron chi connectivity index (χ2n) is 5.49. The summed E-state index contributed by atoms with van der Waals surface area (Å²) < 4.78 is 5.91. The van der Waals surface area contributed by atoms with Crippen LogP contribution < -0.4 is 4.74 Å². The molecule has 1 aromatic heterocycles. The fraction of sp³-hybridized carbons (Fsp3) is 0.176. The molecule has 0 amide bonds. The first kappa shape index (κ1) is 13.4. The number of benzene rings is 1. The molecule has 4 heteroatoms. The first-order valence-corrected chi connectivity index (χ1v) is 6.67. The molecule has 1 aliphatic heterocycles. The highest BCUT2D eigenvalue weighted by Crippen LogP contribution is 2.39. The molecule has 106 valence electrons. The Morgan fingerprint density at radius 3 is 2.71 bits per heavy atom. The third-order valence-corrected chi connectivity index (χ3v) is 3.32. The number of carbonyl (C=O) groups is 1. The number of carboxylic acid groups (broad SMARTS) is 1. The molecule has 0 saturated heterocycles. The summed E-state index contributed by atoms with van der Waals surface area (Å²) in [6, 6.07) is 10.6. The number of aromatic carboxylic acids is 1. The summed E-state index contributed by atoms with van der Waals surface area (Å²) in [6.45, 7) is 3.92. The van der Waals surface area contributed by atoms with Gasteiger partial charge in [-0.25, -0.2) is 4.79 Å². The molecule has 0 unspecified atom stereocenters. The number of aromatic nitrogens is 1.